The van der Waals surface area contributed by atoms with Crippen molar-refractivity contribution in [2.45, 2.75) is 38.5 Å². The highest BCUT2D eigenvalue weighted by Gasteiger charge is 1.94. The molecule has 0 aromatic heterocycles. The molecule has 1 aliphatic rings. The van der Waals surface area contributed by atoms with Crippen molar-refractivity contribution in [2.24, 2.45) is 0 Å². The van der Waals surface area contributed by atoms with Crippen LogP contribution in [0.15, 0.2) is 0 Å². The fourth-order valence-electron chi connectivity index (χ4n) is 1.33. The molecule has 1 heterocycles. The van der Waals surface area contributed by atoms with E-state index < -0.39 is 0 Å². The summed E-state index contributed by atoms with van der Waals surface area (Å²) in [4.78, 5) is 0. The topological polar surface area (TPSA) is 12.0 Å². The molecule has 11 heavy (non-hydrogen) atoms. The monoisotopic (exact) mass is 155 g/mol. The number of hydrogen-bond donors (Lipinski definition) is 1. The molecule has 0 spiro atoms. The molecule has 1 heteroatoms. The first kappa shape index (κ1) is 13.5. The Hall–Kier alpha value is -0.0400. The summed E-state index contributed by atoms with van der Waals surface area (Å²) in [6.07, 6.45) is 8.57. The minimum Gasteiger partial charge on any atom is -0.317 e. The first-order valence-corrected chi connectivity index (χ1v) is 4.21. The Morgan fingerprint density at radius 3 is 1.36 bits per heavy atom. The van der Waals surface area contributed by atoms with Crippen LogP contribution in [0.3, 0.4) is 0 Å². The lowest BCUT2D eigenvalue weighted by atomic mass is 10.1. The molecule has 0 atom stereocenters. The normalized spacial score (nSPS) is 19.6. The molecule has 1 N–H and O–H groups in total. The summed E-state index contributed by atoms with van der Waals surface area (Å²) in [5, 5.41) is 3.43. The van der Waals surface area contributed by atoms with E-state index >= 15 is 0 Å². The maximum atomic E-state index is 3.43. The SMILES string of the molecule is C1CCCCNCCC1.[CH2].[CH2]. The summed E-state index contributed by atoms with van der Waals surface area (Å²) in [5.74, 6) is 0. The Morgan fingerprint density at radius 2 is 0.909 bits per heavy atom. The van der Waals surface area contributed by atoms with Gasteiger partial charge in [0.15, 0.2) is 0 Å². The Kier molecular flexibility index (Phi) is 12.3. The quantitative estimate of drug-likeness (QED) is 0.567. The van der Waals surface area contributed by atoms with Crippen LogP contribution in [0, 0.1) is 14.9 Å². The van der Waals surface area contributed by atoms with E-state index in [0.29, 0.717) is 0 Å². The van der Waals surface area contributed by atoms with E-state index in [-0.39, 0.29) is 14.9 Å². The minimum atomic E-state index is 0. The molecule has 0 aliphatic carbocycles. The second kappa shape index (κ2) is 9.96. The Morgan fingerprint density at radius 1 is 0.545 bits per heavy atom. The van der Waals surface area contributed by atoms with Crippen molar-refractivity contribution >= 4 is 0 Å². The average Bonchev–Trinajstić information content (AvgIpc) is 2.00. The molecule has 0 aromatic carbocycles. The lowest BCUT2D eigenvalue weighted by Gasteiger charge is -1.98. The highest BCUT2D eigenvalue weighted by molar-refractivity contribution is 4.54. The van der Waals surface area contributed by atoms with Crippen molar-refractivity contribution in [2.75, 3.05) is 13.1 Å². The molecule has 0 saturated carbocycles. The highest BCUT2D eigenvalue weighted by atomic mass is 14.8. The molecule has 4 radical (unpaired) electrons. The summed E-state index contributed by atoms with van der Waals surface area (Å²) in [7, 11) is 0. The summed E-state index contributed by atoms with van der Waals surface area (Å²) >= 11 is 0. The van der Waals surface area contributed by atoms with E-state index in [4.69, 9.17) is 0 Å². The number of hydrogen-bond acceptors (Lipinski definition) is 1. The fraction of sp³-hybridized carbons (Fsp3) is 0.800. The molecule has 1 saturated heterocycles. The summed E-state index contributed by atoms with van der Waals surface area (Å²) in [6, 6.07) is 0. The largest absolute Gasteiger partial charge is 0.317 e. The number of rotatable bonds is 0. The van der Waals surface area contributed by atoms with Gasteiger partial charge in [-0.2, -0.15) is 0 Å². The van der Waals surface area contributed by atoms with Gasteiger partial charge in [0.2, 0.25) is 0 Å². The van der Waals surface area contributed by atoms with Gasteiger partial charge < -0.3 is 5.32 Å². The third-order valence-corrected chi connectivity index (χ3v) is 1.96. The van der Waals surface area contributed by atoms with Crippen LogP contribution in [0.5, 0.6) is 0 Å². The van der Waals surface area contributed by atoms with Crippen molar-refractivity contribution < 1.29 is 0 Å². The van der Waals surface area contributed by atoms with E-state index in [1.54, 1.807) is 0 Å². The van der Waals surface area contributed by atoms with Crippen LogP contribution in [-0.2, 0) is 0 Å². The van der Waals surface area contributed by atoms with E-state index in [1.165, 1.54) is 51.6 Å². The molecule has 66 valence electrons. The van der Waals surface area contributed by atoms with Crippen LogP contribution < -0.4 is 5.32 Å². The van der Waals surface area contributed by atoms with Gasteiger partial charge in [0, 0.05) is 0 Å². The first-order chi connectivity index (χ1) is 4.50. The molecule has 1 rings (SSSR count). The molecule has 0 aromatic rings. The van der Waals surface area contributed by atoms with Gasteiger partial charge in [0.05, 0.1) is 0 Å². The third kappa shape index (κ3) is 7.86. The highest BCUT2D eigenvalue weighted by Crippen LogP contribution is 2.05. The lowest BCUT2D eigenvalue weighted by molar-refractivity contribution is 0.633. The van der Waals surface area contributed by atoms with Crippen molar-refractivity contribution in [1.82, 2.24) is 5.32 Å². The second-order valence-electron chi connectivity index (χ2n) is 2.87. The molecule has 1 fully saturated rings. The van der Waals surface area contributed by atoms with Crippen molar-refractivity contribution in [1.29, 1.82) is 0 Å². The zero-order chi connectivity index (χ0) is 6.36. The maximum Gasteiger partial charge on any atom is -0.00489 e. The van der Waals surface area contributed by atoms with Crippen LogP contribution in [0.1, 0.15) is 38.5 Å². The third-order valence-electron chi connectivity index (χ3n) is 1.96. The summed E-state index contributed by atoms with van der Waals surface area (Å²) in [6.45, 7) is 2.50. The van der Waals surface area contributed by atoms with Gasteiger partial charge in [-0.3, -0.25) is 0 Å². The van der Waals surface area contributed by atoms with Gasteiger partial charge in [0.1, 0.15) is 0 Å². The smallest absolute Gasteiger partial charge is 0.00489 e. The zero-order valence-electron chi connectivity index (χ0n) is 7.57. The fourth-order valence-corrected chi connectivity index (χ4v) is 1.33. The predicted molar refractivity (Wildman–Crippen MR) is 51.3 cm³/mol. The molecule has 0 bridgehead atoms. The second-order valence-corrected chi connectivity index (χ2v) is 2.87. The van der Waals surface area contributed by atoms with Gasteiger partial charge >= 0.3 is 0 Å². The average molecular weight is 155 g/mol. The van der Waals surface area contributed by atoms with E-state index in [2.05, 4.69) is 5.32 Å². The molecule has 1 aliphatic heterocycles. The summed E-state index contributed by atoms with van der Waals surface area (Å²) < 4.78 is 0. The molecule has 0 unspecified atom stereocenters. The van der Waals surface area contributed by atoms with Crippen LogP contribution in [0.25, 0.3) is 0 Å². The lowest BCUT2D eigenvalue weighted by Crippen LogP contribution is -2.15. The minimum absolute atomic E-state index is 0. The van der Waals surface area contributed by atoms with Crippen molar-refractivity contribution in [3.05, 3.63) is 14.9 Å². The molecule has 0 amide bonds. The van der Waals surface area contributed by atoms with E-state index in [1.807, 2.05) is 0 Å². The molecule has 1 nitrogen and oxygen atoms in total. The first-order valence-electron chi connectivity index (χ1n) is 4.21. The summed E-state index contributed by atoms with van der Waals surface area (Å²) in [5.41, 5.74) is 0. The zero-order valence-corrected chi connectivity index (χ0v) is 7.57. The molecular weight excluding hydrogens is 134 g/mol. The standard InChI is InChI=1S/C8H17N.2CH2/c1-2-4-6-8-9-7-5-3-1;;/h9H,1-8H2;2*1H2. The van der Waals surface area contributed by atoms with Gasteiger partial charge in [-0.15, -0.1) is 0 Å². The number of nitrogens with one attached hydrogen (secondary N) is 1. The molecular formula is C10H21N. The van der Waals surface area contributed by atoms with Crippen LogP contribution in [0.2, 0.25) is 0 Å². The Bertz CT molecular complexity index is 33.4. The van der Waals surface area contributed by atoms with Crippen LogP contribution >= 0.6 is 0 Å². The Balaban J connectivity index is 0. The van der Waals surface area contributed by atoms with Crippen molar-refractivity contribution in [3.8, 4) is 0 Å². The van der Waals surface area contributed by atoms with Gasteiger partial charge in [-0.05, 0) is 25.9 Å². The van der Waals surface area contributed by atoms with Gasteiger partial charge in [-0.25, -0.2) is 0 Å². The van der Waals surface area contributed by atoms with Gasteiger partial charge in [-0.1, -0.05) is 40.5 Å². The van der Waals surface area contributed by atoms with E-state index in [9.17, 15) is 0 Å². The predicted octanol–water partition coefficient (Wildman–Crippen LogP) is 2.58. The maximum absolute atomic E-state index is 3.43. The Labute approximate surface area is 72.6 Å². The van der Waals surface area contributed by atoms with Crippen LogP contribution in [-0.4, -0.2) is 13.1 Å². The van der Waals surface area contributed by atoms with Gasteiger partial charge in [0.25, 0.3) is 0 Å². The van der Waals surface area contributed by atoms with E-state index in [0.717, 1.165) is 0 Å². The van der Waals surface area contributed by atoms with Crippen molar-refractivity contribution in [3.63, 3.8) is 0 Å². The van der Waals surface area contributed by atoms with Crippen LogP contribution in [0.4, 0.5) is 0 Å².